The van der Waals surface area contributed by atoms with Gasteiger partial charge in [0.15, 0.2) is 0 Å². The Balaban J connectivity index is 1.74. The van der Waals surface area contributed by atoms with E-state index in [9.17, 15) is 9.59 Å². The Morgan fingerprint density at radius 2 is 1.71 bits per heavy atom. The lowest BCUT2D eigenvalue weighted by Crippen LogP contribution is -2.34. The van der Waals surface area contributed by atoms with Crippen LogP contribution in [0.1, 0.15) is 63.1 Å². The molecular formula is C28H33N3O3. The molecule has 2 aromatic carbocycles. The number of H-pyrrole nitrogens is 1. The third kappa shape index (κ3) is 4.58. The van der Waals surface area contributed by atoms with Gasteiger partial charge in [-0.25, -0.2) is 9.36 Å². The van der Waals surface area contributed by atoms with Crippen LogP contribution in [0.25, 0.3) is 22.4 Å². The molecule has 34 heavy (non-hydrogen) atoms. The molecule has 4 aromatic rings. The maximum absolute atomic E-state index is 13.6. The van der Waals surface area contributed by atoms with Crippen molar-refractivity contribution in [3.8, 4) is 17.1 Å². The van der Waals surface area contributed by atoms with Crippen LogP contribution < -0.4 is 16.0 Å². The van der Waals surface area contributed by atoms with Gasteiger partial charge in [0.2, 0.25) is 0 Å². The van der Waals surface area contributed by atoms with Gasteiger partial charge < -0.3 is 14.3 Å². The zero-order valence-corrected chi connectivity index (χ0v) is 20.4. The van der Waals surface area contributed by atoms with Crippen LogP contribution in [0, 0.1) is 6.92 Å². The number of methoxy groups -OCH3 is 1. The first-order valence-electron chi connectivity index (χ1n) is 12.1. The molecule has 2 aromatic heterocycles. The highest BCUT2D eigenvalue weighted by molar-refractivity contribution is 5.78. The Hall–Kier alpha value is -3.54. The predicted octanol–water partition coefficient (Wildman–Crippen LogP) is 5.86. The third-order valence-corrected chi connectivity index (χ3v) is 6.56. The molecule has 0 saturated carbocycles. The van der Waals surface area contributed by atoms with Crippen molar-refractivity contribution in [1.82, 2.24) is 14.1 Å². The molecule has 4 rings (SSSR count). The summed E-state index contributed by atoms with van der Waals surface area (Å²) in [4.78, 5) is 29.3. The van der Waals surface area contributed by atoms with Crippen molar-refractivity contribution in [3.05, 3.63) is 86.7 Å². The van der Waals surface area contributed by atoms with Gasteiger partial charge in [-0.2, -0.15) is 0 Å². The van der Waals surface area contributed by atoms with Crippen LogP contribution in [0.2, 0.25) is 0 Å². The summed E-state index contributed by atoms with van der Waals surface area (Å²) >= 11 is 0. The van der Waals surface area contributed by atoms with Gasteiger partial charge in [-0.1, -0.05) is 57.7 Å². The number of aromatic amines is 1. The standard InChI is InChI=1S/C28H33N3O3/c1-5-6-7-8-10-19(2)21-13-15-22(16-14-21)30-20(3)17-25-26(30)27(32)31(28(33)29-25)23-11-9-12-24(18-23)34-4/h9,11-19H,5-8,10H2,1-4H3,(H,29,33). The van der Waals surface area contributed by atoms with E-state index in [0.717, 1.165) is 15.9 Å². The van der Waals surface area contributed by atoms with E-state index in [2.05, 4.69) is 43.1 Å². The van der Waals surface area contributed by atoms with Crippen LogP contribution in [0.15, 0.2) is 64.2 Å². The number of rotatable bonds is 9. The fraction of sp³-hybridized carbons (Fsp3) is 0.357. The lowest BCUT2D eigenvalue weighted by Gasteiger charge is -2.14. The second kappa shape index (κ2) is 10.2. The van der Waals surface area contributed by atoms with Crippen LogP contribution >= 0.6 is 0 Å². The number of benzene rings is 2. The summed E-state index contributed by atoms with van der Waals surface area (Å²) in [7, 11) is 1.56. The minimum atomic E-state index is -0.477. The number of nitrogens with zero attached hydrogens (tertiary/aromatic N) is 2. The zero-order valence-electron chi connectivity index (χ0n) is 20.4. The van der Waals surface area contributed by atoms with Crippen molar-refractivity contribution in [2.75, 3.05) is 7.11 Å². The molecule has 0 bridgehead atoms. The Kier molecular flexibility index (Phi) is 7.06. The number of nitrogens with one attached hydrogen (secondary N) is 1. The van der Waals surface area contributed by atoms with Crippen molar-refractivity contribution in [3.63, 3.8) is 0 Å². The average molecular weight is 460 g/mol. The normalized spacial score (nSPS) is 12.2. The molecule has 0 aliphatic rings. The molecule has 6 nitrogen and oxygen atoms in total. The second-order valence-electron chi connectivity index (χ2n) is 9.00. The first-order chi connectivity index (χ1) is 16.4. The Bertz CT molecular complexity index is 1390. The third-order valence-electron chi connectivity index (χ3n) is 6.56. The highest BCUT2D eigenvalue weighted by Crippen LogP contribution is 2.26. The van der Waals surface area contributed by atoms with Crippen LogP contribution in [0.3, 0.4) is 0 Å². The number of aromatic nitrogens is 3. The molecule has 0 fully saturated rings. The molecule has 0 saturated heterocycles. The summed E-state index contributed by atoms with van der Waals surface area (Å²) in [6, 6.07) is 17.2. The topological polar surface area (TPSA) is 69.0 Å². The fourth-order valence-corrected chi connectivity index (χ4v) is 4.63. The smallest absolute Gasteiger partial charge is 0.333 e. The number of ether oxygens (including phenoxy) is 1. The molecule has 0 aliphatic carbocycles. The number of hydrogen-bond donors (Lipinski definition) is 1. The largest absolute Gasteiger partial charge is 0.497 e. The summed E-state index contributed by atoms with van der Waals surface area (Å²) in [6.07, 6.45) is 6.25. The van der Waals surface area contributed by atoms with E-state index in [-0.39, 0.29) is 5.56 Å². The summed E-state index contributed by atoms with van der Waals surface area (Å²) < 4.78 is 8.35. The molecule has 0 spiro atoms. The summed E-state index contributed by atoms with van der Waals surface area (Å²) in [5, 5.41) is 0. The summed E-state index contributed by atoms with van der Waals surface area (Å²) in [6.45, 7) is 6.45. The second-order valence-corrected chi connectivity index (χ2v) is 9.00. The van der Waals surface area contributed by atoms with Gasteiger partial charge in [0.05, 0.1) is 18.3 Å². The Morgan fingerprint density at radius 3 is 2.41 bits per heavy atom. The molecule has 0 radical (unpaired) electrons. The quantitative estimate of drug-likeness (QED) is 0.319. The predicted molar refractivity (Wildman–Crippen MR) is 138 cm³/mol. The maximum atomic E-state index is 13.6. The Morgan fingerprint density at radius 1 is 0.941 bits per heavy atom. The van der Waals surface area contributed by atoms with Gasteiger partial charge in [0.1, 0.15) is 11.3 Å². The summed E-state index contributed by atoms with van der Waals surface area (Å²) in [5.74, 6) is 1.07. The lowest BCUT2D eigenvalue weighted by molar-refractivity contribution is 0.414. The van der Waals surface area contributed by atoms with Crippen LogP contribution in [-0.4, -0.2) is 21.2 Å². The van der Waals surface area contributed by atoms with Gasteiger partial charge in [0, 0.05) is 17.4 Å². The van der Waals surface area contributed by atoms with E-state index in [0.29, 0.717) is 28.4 Å². The molecule has 1 N–H and O–H groups in total. The Labute approximate surface area is 199 Å². The lowest BCUT2D eigenvalue weighted by atomic mass is 9.94. The van der Waals surface area contributed by atoms with E-state index < -0.39 is 5.69 Å². The molecular weight excluding hydrogens is 426 g/mol. The van der Waals surface area contributed by atoms with Crippen LogP contribution in [0.5, 0.6) is 5.75 Å². The molecule has 1 unspecified atom stereocenters. The fourth-order valence-electron chi connectivity index (χ4n) is 4.63. The molecule has 2 heterocycles. The van der Waals surface area contributed by atoms with Gasteiger partial charge in [-0.3, -0.25) is 4.79 Å². The van der Waals surface area contributed by atoms with Crippen molar-refractivity contribution in [1.29, 1.82) is 0 Å². The van der Waals surface area contributed by atoms with Crippen molar-refractivity contribution in [2.45, 2.75) is 58.8 Å². The van der Waals surface area contributed by atoms with Crippen molar-refractivity contribution >= 4 is 11.0 Å². The van der Waals surface area contributed by atoms with E-state index in [4.69, 9.17) is 4.74 Å². The van der Waals surface area contributed by atoms with Crippen molar-refractivity contribution < 1.29 is 4.74 Å². The SMILES string of the molecule is CCCCCCC(C)c1ccc(-n2c(C)cc3[nH]c(=O)n(-c4cccc(OC)c4)c(=O)c32)cc1. The maximum Gasteiger partial charge on any atom is 0.333 e. The number of unbranched alkanes of at least 4 members (excludes halogenated alkanes) is 3. The average Bonchev–Trinajstić information content (AvgIpc) is 3.17. The molecule has 6 heteroatoms. The highest BCUT2D eigenvalue weighted by Gasteiger charge is 2.17. The van der Waals surface area contributed by atoms with Gasteiger partial charge in [0.25, 0.3) is 5.56 Å². The summed E-state index contributed by atoms with van der Waals surface area (Å²) in [5.41, 5.74) is 3.67. The van der Waals surface area contributed by atoms with Gasteiger partial charge >= 0.3 is 5.69 Å². The monoisotopic (exact) mass is 459 g/mol. The highest BCUT2D eigenvalue weighted by atomic mass is 16.5. The van der Waals surface area contributed by atoms with E-state index >= 15 is 0 Å². The molecule has 0 aliphatic heterocycles. The molecule has 178 valence electrons. The number of hydrogen-bond acceptors (Lipinski definition) is 3. The van der Waals surface area contributed by atoms with Crippen molar-refractivity contribution in [2.24, 2.45) is 0 Å². The first-order valence-corrected chi connectivity index (χ1v) is 12.1. The van der Waals surface area contributed by atoms with Gasteiger partial charge in [-0.15, -0.1) is 0 Å². The minimum Gasteiger partial charge on any atom is -0.497 e. The van der Waals surface area contributed by atoms with E-state index in [1.54, 1.807) is 31.4 Å². The molecule has 1 atom stereocenters. The van der Waals surface area contributed by atoms with Gasteiger partial charge in [-0.05, 0) is 55.2 Å². The molecule has 0 amide bonds. The first kappa shape index (κ1) is 23.6. The van der Waals surface area contributed by atoms with E-state index in [1.165, 1.54) is 37.7 Å². The van der Waals surface area contributed by atoms with Crippen LogP contribution in [-0.2, 0) is 0 Å². The number of aryl methyl sites for hydroxylation is 1. The number of fused-ring (bicyclic) bond motifs is 1. The van der Waals surface area contributed by atoms with E-state index in [1.807, 2.05) is 17.6 Å². The minimum absolute atomic E-state index is 0.367. The zero-order chi connectivity index (χ0) is 24.2. The van der Waals surface area contributed by atoms with Crippen LogP contribution in [0.4, 0.5) is 0 Å².